The summed E-state index contributed by atoms with van der Waals surface area (Å²) in [5.74, 6) is 0.575. The largest absolute Gasteiger partial charge is 0.481 e. The molecular formula is C11H15ClO2. The second-order valence-electron chi connectivity index (χ2n) is 5.70. The summed E-state index contributed by atoms with van der Waals surface area (Å²) >= 11 is 6.50. The van der Waals surface area contributed by atoms with Crippen LogP contribution in [0.25, 0.3) is 0 Å². The maximum atomic E-state index is 11.3. The molecule has 0 aliphatic heterocycles. The van der Waals surface area contributed by atoms with Crippen LogP contribution in [-0.2, 0) is 4.79 Å². The first-order valence-corrected chi connectivity index (χ1v) is 5.82. The van der Waals surface area contributed by atoms with Gasteiger partial charge in [0, 0.05) is 4.87 Å². The topological polar surface area (TPSA) is 37.3 Å². The van der Waals surface area contributed by atoms with Gasteiger partial charge in [0.15, 0.2) is 0 Å². The van der Waals surface area contributed by atoms with E-state index < -0.39 is 11.4 Å². The minimum Gasteiger partial charge on any atom is -0.481 e. The van der Waals surface area contributed by atoms with Crippen molar-refractivity contribution < 1.29 is 9.90 Å². The predicted molar refractivity (Wildman–Crippen MR) is 53.3 cm³/mol. The lowest BCUT2D eigenvalue weighted by Crippen LogP contribution is -2.55. The van der Waals surface area contributed by atoms with Crippen LogP contribution >= 0.6 is 11.6 Å². The second-order valence-corrected chi connectivity index (χ2v) is 6.50. The third kappa shape index (κ3) is 1.06. The minimum absolute atomic E-state index is 0.164. The SMILES string of the molecule is O=C(O)C12CC3CC(CC(Cl)(C3)C1)C2. The molecule has 0 aromatic carbocycles. The van der Waals surface area contributed by atoms with E-state index in [1.165, 1.54) is 6.42 Å². The van der Waals surface area contributed by atoms with E-state index >= 15 is 0 Å². The van der Waals surface area contributed by atoms with Gasteiger partial charge >= 0.3 is 5.97 Å². The van der Waals surface area contributed by atoms with Crippen LogP contribution in [0, 0.1) is 17.3 Å². The lowest BCUT2D eigenvalue weighted by molar-refractivity contribution is -0.163. The van der Waals surface area contributed by atoms with Crippen LogP contribution in [0.2, 0.25) is 0 Å². The number of rotatable bonds is 1. The van der Waals surface area contributed by atoms with Gasteiger partial charge in [0.05, 0.1) is 5.41 Å². The lowest BCUT2D eigenvalue weighted by Gasteiger charge is -2.58. The molecule has 4 rings (SSSR count). The Morgan fingerprint density at radius 3 is 2.21 bits per heavy atom. The molecule has 0 aromatic heterocycles. The van der Waals surface area contributed by atoms with Gasteiger partial charge in [-0.1, -0.05) is 0 Å². The molecular weight excluding hydrogens is 200 g/mol. The highest BCUT2D eigenvalue weighted by Gasteiger charge is 2.60. The summed E-state index contributed by atoms with van der Waals surface area (Å²) in [4.78, 5) is 11.2. The third-order valence-corrected chi connectivity index (χ3v) is 4.89. The smallest absolute Gasteiger partial charge is 0.309 e. The van der Waals surface area contributed by atoms with Crippen molar-refractivity contribution in [3.8, 4) is 0 Å². The molecule has 0 aromatic rings. The molecule has 4 fully saturated rings. The Labute approximate surface area is 88.6 Å². The lowest BCUT2D eigenvalue weighted by atomic mass is 9.49. The average molecular weight is 215 g/mol. The summed E-state index contributed by atoms with van der Waals surface area (Å²) < 4.78 is 0. The summed E-state index contributed by atoms with van der Waals surface area (Å²) in [5.41, 5.74) is -0.453. The van der Waals surface area contributed by atoms with Crippen molar-refractivity contribution in [2.24, 2.45) is 17.3 Å². The highest BCUT2D eigenvalue weighted by molar-refractivity contribution is 6.24. The van der Waals surface area contributed by atoms with Crippen molar-refractivity contribution in [1.82, 2.24) is 0 Å². The van der Waals surface area contributed by atoms with Gasteiger partial charge < -0.3 is 5.11 Å². The van der Waals surface area contributed by atoms with Crippen molar-refractivity contribution >= 4 is 17.6 Å². The van der Waals surface area contributed by atoms with Crippen molar-refractivity contribution in [2.45, 2.75) is 43.4 Å². The zero-order valence-electron chi connectivity index (χ0n) is 8.13. The minimum atomic E-state index is -0.600. The molecule has 0 saturated heterocycles. The number of aliphatic carboxylic acids is 1. The summed E-state index contributed by atoms with van der Waals surface area (Å²) in [6.45, 7) is 0. The van der Waals surface area contributed by atoms with Crippen molar-refractivity contribution in [3.63, 3.8) is 0 Å². The van der Waals surface area contributed by atoms with Crippen molar-refractivity contribution in [3.05, 3.63) is 0 Å². The monoisotopic (exact) mass is 214 g/mol. The molecule has 1 N–H and O–H groups in total. The normalized spacial score (nSPS) is 54.9. The fourth-order valence-corrected chi connectivity index (χ4v) is 5.09. The quantitative estimate of drug-likeness (QED) is 0.682. The standard InChI is InChI=1S/C11H15ClO2/c12-11-4-7-1-8(5-11)3-10(2-7,6-11)9(13)14/h7-8H,1-6H2,(H,13,14). The van der Waals surface area contributed by atoms with E-state index in [1.54, 1.807) is 0 Å². The number of carboxylic acids is 1. The van der Waals surface area contributed by atoms with Crippen molar-refractivity contribution in [2.75, 3.05) is 0 Å². The number of hydrogen-bond donors (Lipinski definition) is 1. The van der Waals surface area contributed by atoms with Gasteiger partial charge in [-0.2, -0.15) is 0 Å². The van der Waals surface area contributed by atoms with Crippen LogP contribution in [0.3, 0.4) is 0 Å². The molecule has 4 aliphatic rings. The van der Waals surface area contributed by atoms with Gasteiger partial charge in [0.1, 0.15) is 0 Å². The Balaban J connectivity index is 2.00. The second kappa shape index (κ2) is 2.46. The average Bonchev–Trinajstić information content (AvgIpc) is 1.98. The molecule has 0 spiro atoms. The van der Waals surface area contributed by atoms with Crippen LogP contribution in [0.4, 0.5) is 0 Å². The Kier molecular flexibility index (Phi) is 1.59. The van der Waals surface area contributed by atoms with Gasteiger partial charge in [-0.05, 0) is 50.4 Å². The van der Waals surface area contributed by atoms with Gasteiger partial charge in [-0.15, -0.1) is 11.6 Å². The summed E-state index contributed by atoms with van der Waals surface area (Å²) in [5, 5.41) is 9.33. The van der Waals surface area contributed by atoms with Crippen LogP contribution in [-0.4, -0.2) is 16.0 Å². The van der Waals surface area contributed by atoms with E-state index in [2.05, 4.69) is 0 Å². The molecule has 2 unspecified atom stereocenters. The van der Waals surface area contributed by atoms with Crippen LogP contribution in [0.5, 0.6) is 0 Å². The molecule has 3 heteroatoms. The number of halogens is 1. The molecule has 0 heterocycles. The number of carbonyl (C=O) groups is 1. The number of hydrogen-bond acceptors (Lipinski definition) is 1. The van der Waals surface area contributed by atoms with Crippen molar-refractivity contribution in [1.29, 1.82) is 0 Å². The fraction of sp³-hybridized carbons (Fsp3) is 0.909. The van der Waals surface area contributed by atoms with E-state index in [0.29, 0.717) is 18.3 Å². The molecule has 78 valence electrons. The van der Waals surface area contributed by atoms with Gasteiger partial charge in [0.25, 0.3) is 0 Å². The Morgan fingerprint density at radius 1 is 1.21 bits per heavy atom. The van der Waals surface area contributed by atoms with E-state index in [-0.39, 0.29) is 4.87 Å². The molecule has 4 aliphatic carbocycles. The van der Waals surface area contributed by atoms with Gasteiger partial charge in [-0.25, -0.2) is 0 Å². The zero-order valence-corrected chi connectivity index (χ0v) is 8.89. The van der Waals surface area contributed by atoms with Crippen LogP contribution < -0.4 is 0 Å². The summed E-state index contributed by atoms with van der Waals surface area (Å²) in [7, 11) is 0. The summed E-state index contributed by atoms with van der Waals surface area (Å²) in [6.07, 6.45) is 5.81. The third-order valence-electron chi connectivity index (χ3n) is 4.44. The summed E-state index contributed by atoms with van der Waals surface area (Å²) in [6, 6.07) is 0. The maximum absolute atomic E-state index is 11.3. The van der Waals surface area contributed by atoms with E-state index in [9.17, 15) is 9.90 Å². The highest BCUT2D eigenvalue weighted by Crippen LogP contribution is 2.63. The van der Waals surface area contributed by atoms with E-state index in [4.69, 9.17) is 11.6 Å². The Hall–Kier alpha value is -0.240. The number of carboxylic acid groups (broad SMARTS) is 1. The first-order chi connectivity index (χ1) is 6.51. The highest BCUT2D eigenvalue weighted by atomic mass is 35.5. The first-order valence-electron chi connectivity index (χ1n) is 5.44. The zero-order chi connectivity index (χ0) is 9.97. The molecule has 4 bridgehead atoms. The Bertz CT molecular complexity index is 286. The van der Waals surface area contributed by atoms with E-state index in [1.807, 2.05) is 0 Å². The maximum Gasteiger partial charge on any atom is 0.309 e. The van der Waals surface area contributed by atoms with E-state index in [0.717, 1.165) is 25.7 Å². The predicted octanol–water partition coefficient (Wildman–Crippen LogP) is 2.65. The molecule has 14 heavy (non-hydrogen) atoms. The molecule has 0 radical (unpaired) electrons. The molecule has 2 nitrogen and oxygen atoms in total. The van der Waals surface area contributed by atoms with Crippen LogP contribution in [0.1, 0.15) is 38.5 Å². The van der Waals surface area contributed by atoms with Crippen LogP contribution in [0.15, 0.2) is 0 Å². The fourth-order valence-electron chi connectivity index (χ4n) is 4.40. The van der Waals surface area contributed by atoms with Gasteiger partial charge in [0.2, 0.25) is 0 Å². The Morgan fingerprint density at radius 2 is 1.79 bits per heavy atom. The molecule has 4 saturated carbocycles. The molecule has 2 atom stereocenters. The van der Waals surface area contributed by atoms with Gasteiger partial charge in [-0.3, -0.25) is 4.79 Å². The number of alkyl halides is 1. The first kappa shape index (κ1) is 9.02. The molecule has 0 amide bonds.